The molecule has 0 aliphatic rings. The van der Waals surface area contributed by atoms with Gasteiger partial charge in [-0.1, -0.05) is 12.1 Å². The number of rotatable bonds is 6. The number of hydrogen-bond acceptors (Lipinski definition) is 3. The molecule has 0 aromatic heterocycles. The van der Waals surface area contributed by atoms with Crippen molar-refractivity contribution < 1.29 is 9.59 Å². The number of nitrogens with one attached hydrogen (secondary N) is 1. The average molecular weight is 331 g/mol. The van der Waals surface area contributed by atoms with Crippen LogP contribution in [0, 0.1) is 0 Å². The first-order valence-electron chi connectivity index (χ1n) is 5.40. The maximum Gasteiger partial charge on any atom is 0.253 e. The summed E-state index contributed by atoms with van der Waals surface area (Å²) in [4.78, 5) is 23.2. The topological polar surface area (TPSA) is 72.2 Å². The van der Waals surface area contributed by atoms with Crippen molar-refractivity contribution in [1.82, 2.24) is 5.32 Å². The quantitative estimate of drug-likeness (QED) is 0.835. The van der Waals surface area contributed by atoms with Crippen LogP contribution in [0.1, 0.15) is 16.8 Å². The van der Waals surface area contributed by atoms with E-state index in [4.69, 9.17) is 5.73 Å². The second-order valence-electron chi connectivity index (χ2n) is 3.69. The molecule has 98 valence electrons. The average Bonchev–Trinajstić information content (AvgIpc) is 2.34. The van der Waals surface area contributed by atoms with Crippen LogP contribution in [0.2, 0.25) is 0 Å². The summed E-state index contributed by atoms with van der Waals surface area (Å²) in [6.45, 7) is 0. The van der Waals surface area contributed by atoms with Gasteiger partial charge in [-0.2, -0.15) is 11.8 Å². The van der Waals surface area contributed by atoms with E-state index >= 15 is 0 Å². The lowest BCUT2D eigenvalue weighted by atomic mass is 10.1. The number of carbonyl (C=O) groups excluding carboxylic acids is 2. The van der Waals surface area contributed by atoms with Crippen molar-refractivity contribution in [2.75, 3.05) is 12.0 Å². The molecule has 0 aliphatic carbocycles. The van der Waals surface area contributed by atoms with Crippen molar-refractivity contribution in [2.24, 2.45) is 5.73 Å². The van der Waals surface area contributed by atoms with Crippen molar-refractivity contribution >= 4 is 39.5 Å². The molecule has 0 unspecified atom stereocenters. The third-order valence-corrected chi connectivity index (χ3v) is 3.71. The molecule has 0 radical (unpaired) electrons. The Balaban J connectivity index is 2.72. The fourth-order valence-electron chi connectivity index (χ4n) is 1.40. The Morgan fingerprint density at radius 2 is 2.11 bits per heavy atom. The molecular formula is C12H15BrN2O2S. The van der Waals surface area contributed by atoms with E-state index in [1.54, 1.807) is 30.0 Å². The minimum atomic E-state index is -0.628. The normalized spacial score (nSPS) is 11.9. The molecule has 0 saturated heterocycles. The molecule has 1 aromatic rings. The molecule has 0 bridgehead atoms. The van der Waals surface area contributed by atoms with Crippen LogP contribution in [0.3, 0.4) is 0 Å². The predicted molar refractivity (Wildman–Crippen MR) is 77.6 cm³/mol. The lowest BCUT2D eigenvalue weighted by Gasteiger charge is -2.15. The number of halogens is 1. The second-order valence-corrected chi connectivity index (χ2v) is 5.53. The zero-order valence-electron chi connectivity index (χ0n) is 9.98. The zero-order valence-corrected chi connectivity index (χ0v) is 12.4. The van der Waals surface area contributed by atoms with E-state index in [1.165, 1.54) is 0 Å². The maximum absolute atomic E-state index is 12.0. The largest absolute Gasteiger partial charge is 0.368 e. The van der Waals surface area contributed by atoms with Crippen molar-refractivity contribution in [2.45, 2.75) is 12.5 Å². The number of amides is 2. The Bertz CT molecular complexity index is 440. The van der Waals surface area contributed by atoms with Gasteiger partial charge < -0.3 is 11.1 Å². The van der Waals surface area contributed by atoms with Crippen molar-refractivity contribution in [1.29, 1.82) is 0 Å². The molecule has 4 nitrogen and oxygen atoms in total. The van der Waals surface area contributed by atoms with E-state index in [9.17, 15) is 9.59 Å². The summed E-state index contributed by atoms with van der Waals surface area (Å²) >= 11 is 4.90. The van der Waals surface area contributed by atoms with E-state index in [0.29, 0.717) is 16.5 Å². The molecule has 0 heterocycles. The third-order valence-electron chi connectivity index (χ3n) is 2.38. The molecule has 6 heteroatoms. The highest BCUT2D eigenvalue weighted by Crippen LogP contribution is 2.16. The van der Waals surface area contributed by atoms with Gasteiger partial charge in [0.2, 0.25) is 5.91 Å². The summed E-state index contributed by atoms with van der Waals surface area (Å²) in [7, 11) is 0. The van der Waals surface area contributed by atoms with Crippen LogP contribution in [-0.4, -0.2) is 29.9 Å². The molecule has 0 aliphatic heterocycles. The molecule has 0 fully saturated rings. The van der Waals surface area contributed by atoms with Crippen LogP contribution >= 0.6 is 27.7 Å². The highest BCUT2D eigenvalue weighted by Gasteiger charge is 2.19. The van der Waals surface area contributed by atoms with Gasteiger partial charge >= 0.3 is 0 Å². The first-order chi connectivity index (χ1) is 8.56. The van der Waals surface area contributed by atoms with Crippen LogP contribution in [0.4, 0.5) is 0 Å². The Labute approximate surface area is 119 Å². The lowest BCUT2D eigenvalue weighted by Crippen LogP contribution is -2.44. The molecule has 18 heavy (non-hydrogen) atoms. The van der Waals surface area contributed by atoms with Crippen LogP contribution in [0.5, 0.6) is 0 Å². The molecule has 0 spiro atoms. The van der Waals surface area contributed by atoms with Gasteiger partial charge in [-0.15, -0.1) is 0 Å². The van der Waals surface area contributed by atoms with Gasteiger partial charge in [0, 0.05) is 4.47 Å². The minimum Gasteiger partial charge on any atom is -0.368 e. The van der Waals surface area contributed by atoms with Gasteiger partial charge in [-0.25, -0.2) is 0 Å². The van der Waals surface area contributed by atoms with Crippen LogP contribution in [-0.2, 0) is 4.79 Å². The molecule has 2 amide bonds. The number of benzene rings is 1. The summed E-state index contributed by atoms with van der Waals surface area (Å²) in [6, 6.07) is 6.42. The van der Waals surface area contributed by atoms with Crippen LogP contribution in [0.25, 0.3) is 0 Å². The fraction of sp³-hybridized carbons (Fsp3) is 0.333. The Kier molecular flexibility index (Phi) is 6.21. The Morgan fingerprint density at radius 3 is 2.67 bits per heavy atom. The summed E-state index contributed by atoms with van der Waals surface area (Å²) in [5.74, 6) is -0.0408. The number of hydrogen-bond donors (Lipinski definition) is 2. The number of nitrogens with two attached hydrogens (primary N) is 1. The van der Waals surface area contributed by atoms with E-state index in [1.807, 2.05) is 12.3 Å². The predicted octanol–water partition coefficient (Wildman–Crippen LogP) is 1.79. The van der Waals surface area contributed by atoms with E-state index < -0.39 is 11.9 Å². The summed E-state index contributed by atoms with van der Waals surface area (Å²) in [6.07, 6.45) is 2.47. The molecule has 1 atom stereocenters. The van der Waals surface area contributed by atoms with Gasteiger partial charge in [0.1, 0.15) is 6.04 Å². The highest BCUT2D eigenvalue weighted by molar-refractivity contribution is 9.10. The monoisotopic (exact) mass is 330 g/mol. The zero-order chi connectivity index (χ0) is 13.5. The number of thioether (sulfide) groups is 1. The fourth-order valence-corrected chi connectivity index (χ4v) is 2.34. The molecular weight excluding hydrogens is 316 g/mol. The number of carbonyl (C=O) groups is 2. The highest BCUT2D eigenvalue weighted by atomic mass is 79.9. The lowest BCUT2D eigenvalue weighted by molar-refractivity contribution is -0.119. The van der Waals surface area contributed by atoms with Crippen molar-refractivity contribution in [3.8, 4) is 0 Å². The van der Waals surface area contributed by atoms with Gasteiger partial charge in [0.05, 0.1) is 5.56 Å². The van der Waals surface area contributed by atoms with Gasteiger partial charge in [-0.05, 0) is 46.5 Å². The SMILES string of the molecule is CSCC[C@@H](NC(=O)c1ccccc1Br)C(N)=O. The summed E-state index contributed by atoms with van der Waals surface area (Å²) in [5.41, 5.74) is 5.76. The van der Waals surface area contributed by atoms with Gasteiger partial charge in [-0.3, -0.25) is 9.59 Å². The third kappa shape index (κ3) is 4.34. The van der Waals surface area contributed by atoms with Crippen molar-refractivity contribution in [3.05, 3.63) is 34.3 Å². The second kappa shape index (κ2) is 7.43. The van der Waals surface area contributed by atoms with Crippen molar-refractivity contribution in [3.63, 3.8) is 0 Å². The van der Waals surface area contributed by atoms with Gasteiger partial charge in [0.25, 0.3) is 5.91 Å². The van der Waals surface area contributed by atoms with E-state index in [2.05, 4.69) is 21.2 Å². The smallest absolute Gasteiger partial charge is 0.253 e. The van der Waals surface area contributed by atoms with Crippen LogP contribution < -0.4 is 11.1 Å². The maximum atomic E-state index is 12.0. The van der Waals surface area contributed by atoms with Crippen LogP contribution in [0.15, 0.2) is 28.7 Å². The molecule has 1 rings (SSSR count). The van der Waals surface area contributed by atoms with E-state index in [0.717, 1.165) is 5.75 Å². The Morgan fingerprint density at radius 1 is 1.44 bits per heavy atom. The number of primary amides is 1. The molecule has 1 aromatic carbocycles. The minimum absolute atomic E-state index is 0.299. The standard InChI is InChI=1S/C12H15BrN2O2S/c1-18-7-6-10(11(14)16)15-12(17)8-4-2-3-5-9(8)13/h2-5,10H,6-7H2,1H3,(H2,14,16)(H,15,17)/t10-/m1/s1. The molecule has 0 saturated carbocycles. The first kappa shape index (κ1) is 15.0. The van der Waals surface area contributed by atoms with Gasteiger partial charge in [0.15, 0.2) is 0 Å². The summed E-state index contributed by atoms with van der Waals surface area (Å²) in [5, 5.41) is 2.65. The molecule has 3 N–H and O–H groups in total. The first-order valence-corrected chi connectivity index (χ1v) is 7.58. The van der Waals surface area contributed by atoms with E-state index in [-0.39, 0.29) is 5.91 Å². The summed E-state index contributed by atoms with van der Waals surface area (Å²) < 4.78 is 0.690. The Hall–Kier alpha value is -1.01.